The van der Waals surface area contributed by atoms with E-state index >= 15 is 0 Å². The Morgan fingerprint density at radius 1 is 0.760 bits per heavy atom. The molecule has 13 heteroatoms. The van der Waals surface area contributed by atoms with E-state index in [-0.39, 0.29) is 46.6 Å². The second kappa shape index (κ2) is 18.3. The van der Waals surface area contributed by atoms with Crippen LogP contribution in [-0.4, -0.2) is 90.5 Å². The van der Waals surface area contributed by atoms with Crippen molar-refractivity contribution in [1.29, 1.82) is 0 Å². The number of rotatable bonds is 16. The zero-order valence-electron chi connectivity index (χ0n) is 28.3. The highest BCUT2D eigenvalue weighted by Crippen LogP contribution is 2.32. The highest BCUT2D eigenvalue weighted by atomic mass is 19.2. The smallest absolute Gasteiger partial charge is 0.251 e. The fraction of sp³-hybridized carbons (Fsp3) is 0.351. The lowest BCUT2D eigenvalue weighted by Gasteiger charge is -2.27. The molecule has 0 unspecified atom stereocenters. The fourth-order valence-corrected chi connectivity index (χ4v) is 5.42. The van der Waals surface area contributed by atoms with Gasteiger partial charge in [-0.15, -0.1) is 0 Å². The number of hydrogen-bond donors (Lipinski definition) is 1. The van der Waals surface area contributed by atoms with Crippen molar-refractivity contribution in [2.75, 3.05) is 67.9 Å². The van der Waals surface area contributed by atoms with Crippen molar-refractivity contribution in [1.82, 2.24) is 10.2 Å². The van der Waals surface area contributed by atoms with Gasteiger partial charge in [0.05, 0.1) is 27.4 Å². The first-order chi connectivity index (χ1) is 24.1. The molecule has 9 nitrogen and oxygen atoms in total. The van der Waals surface area contributed by atoms with E-state index in [1.165, 1.54) is 38.5 Å². The minimum Gasteiger partial charge on any atom is -0.494 e. The lowest BCUT2D eigenvalue weighted by atomic mass is 9.83. The molecule has 1 saturated carbocycles. The first-order valence-electron chi connectivity index (χ1n) is 15.8. The first kappa shape index (κ1) is 38.1. The van der Waals surface area contributed by atoms with Crippen LogP contribution in [0.4, 0.5) is 17.6 Å². The summed E-state index contributed by atoms with van der Waals surface area (Å²) in [5.74, 6) is -5.71. The van der Waals surface area contributed by atoms with Crippen molar-refractivity contribution < 1.29 is 50.8 Å². The number of amides is 1. The molecule has 0 radical (unpaired) electrons. The van der Waals surface area contributed by atoms with Crippen molar-refractivity contribution in [3.05, 3.63) is 99.6 Å². The number of nitrogens with zero attached hydrogens (tertiary/aromatic N) is 1. The molecule has 268 valence electrons. The maximum atomic E-state index is 14.3. The molecule has 0 atom stereocenters. The van der Waals surface area contributed by atoms with Gasteiger partial charge in [0.1, 0.15) is 12.4 Å². The Balaban J connectivity index is 1.53. The predicted octanol–water partition coefficient (Wildman–Crippen LogP) is 5.86. The summed E-state index contributed by atoms with van der Waals surface area (Å²) in [5.41, 5.74) is 0.985. The number of carbonyl (C=O) groups excluding carboxylic acids is 2. The van der Waals surface area contributed by atoms with Crippen LogP contribution in [0.3, 0.4) is 0 Å². The highest BCUT2D eigenvalue weighted by Gasteiger charge is 2.30. The lowest BCUT2D eigenvalue weighted by molar-refractivity contribution is -0.113. The van der Waals surface area contributed by atoms with Crippen LogP contribution in [0.2, 0.25) is 0 Å². The first-order valence-corrected chi connectivity index (χ1v) is 15.8. The molecule has 1 aliphatic carbocycles. The standard InChI is InChI=1S/C37H40F4N2O7/c1-46-12-9-43(10-13-47-2)11-14-50-29-7-5-25(6-8-29)37(45)42-28-21-26(15-23-17-30(38)34(40)32(19-23)48-3)36(44)27(22-28)16-24-18-31(39)35(41)33(20-24)49-4/h5-8,15-20,28H,9-14,21-22H2,1-4H3,(H,42,45)/b26-15+,27-16+. The van der Waals surface area contributed by atoms with Gasteiger partial charge in [-0.1, -0.05) is 0 Å². The number of ether oxygens (including phenoxy) is 5. The molecule has 1 amide bonds. The molecule has 0 saturated heterocycles. The van der Waals surface area contributed by atoms with Crippen LogP contribution in [-0.2, 0) is 14.3 Å². The van der Waals surface area contributed by atoms with Crippen LogP contribution in [0.15, 0.2) is 59.7 Å². The Bertz CT molecular complexity index is 1620. The van der Waals surface area contributed by atoms with Crippen molar-refractivity contribution in [2.45, 2.75) is 18.9 Å². The molecule has 4 rings (SSSR count). The van der Waals surface area contributed by atoms with E-state index < -0.39 is 41.0 Å². The number of nitrogens with one attached hydrogen (secondary N) is 1. The molecule has 0 aliphatic heterocycles. The summed E-state index contributed by atoms with van der Waals surface area (Å²) in [6.07, 6.45) is 2.86. The van der Waals surface area contributed by atoms with Crippen LogP contribution >= 0.6 is 0 Å². The van der Waals surface area contributed by atoms with Gasteiger partial charge >= 0.3 is 0 Å². The van der Waals surface area contributed by atoms with E-state index in [1.807, 2.05) is 0 Å². The molecule has 50 heavy (non-hydrogen) atoms. The maximum Gasteiger partial charge on any atom is 0.251 e. The third kappa shape index (κ3) is 10.2. The zero-order chi connectivity index (χ0) is 36.2. The van der Waals surface area contributed by atoms with Crippen molar-refractivity contribution in [3.8, 4) is 17.2 Å². The van der Waals surface area contributed by atoms with Gasteiger partial charge in [0.15, 0.2) is 28.9 Å². The number of Topliss-reactive ketones (excluding diaryl/α,β-unsaturated/α-hetero) is 1. The summed E-state index contributed by atoms with van der Waals surface area (Å²) in [7, 11) is 5.65. The summed E-state index contributed by atoms with van der Waals surface area (Å²) >= 11 is 0. The van der Waals surface area contributed by atoms with E-state index in [0.29, 0.717) is 37.7 Å². The third-order valence-electron chi connectivity index (χ3n) is 8.02. The summed E-state index contributed by atoms with van der Waals surface area (Å²) in [6.45, 7) is 3.68. The van der Waals surface area contributed by atoms with Crippen LogP contribution in [0.5, 0.6) is 17.2 Å². The normalized spacial score (nSPS) is 16.3. The van der Waals surface area contributed by atoms with Gasteiger partial charge in [-0.05, 0) is 84.7 Å². The topological polar surface area (TPSA) is 95.6 Å². The monoisotopic (exact) mass is 700 g/mol. The van der Waals surface area contributed by atoms with Gasteiger partial charge in [-0.2, -0.15) is 8.78 Å². The molecule has 3 aromatic rings. The Hall–Kier alpha value is -4.72. The van der Waals surface area contributed by atoms with Crippen LogP contribution in [0, 0.1) is 23.3 Å². The number of ketones is 1. The highest BCUT2D eigenvalue weighted by molar-refractivity contribution is 6.14. The van der Waals surface area contributed by atoms with Gasteiger partial charge < -0.3 is 29.0 Å². The molecule has 0 aromatic heterocycles. The summed E-state index contributed by atoms with van der Waals surface area (Å²) in [6, 6.07) is 10.3. The summed E-state index contributed by atoms with van der Waals surface area (Å²) in [5, 5.41) is 2.93. The van der Waals surface area contributed by atoms with E-state index in [9.17, 15) is 27.2 Å². The number of methoxy groups -OCH3 is 4. The minimum absolute atomic E-state index is 0.0498. The molecule has 1 aliphatic rings. The second-order valence-corrected chi connectivity index (χ2v) is 11.5. The fourth-order valence-electron chi connectivity index (χ4n) is 5.42. The Labute approximate surface area is 288 Å². The molecule has 0 heterocycles. The summed E-state index contributed by atoms with van der Waals surface area (Å²) < 4.78 is 82.9. The largest absolute Gasteiger partial charge is 0.494 e. The molecule has 0 bridgehead atoms. The minimum atomic E-state index is -1.18. The van der Waals surface area contributed by atoms with E-state index in [4.69, 9.17) is 23.7 Å². The zero-order valence-corrected chi connectivity index (χ0v) is 28.3. The molecular formula is C37H40F4N2O7. The predicted molar refractivity (Wildman–Crippen MR) is 179 cm³/mol. The van der Waals surface area contributed by atoms with Gasteiger partial charge in [-0.25, -0.2) is 8.78 Å². The van der Waals surface area contributed by atoms with Crippen molar-refractivity contribution >= 4 is 23.8 Å². The molecule has 3 aromatic carbocycles. The molecular weight excluding hydrogens is 660 g/mol. The van der Waals surface area contributed by atoms with Gasteiger partial charge in [0.25, 0.3) is 5.91 Å². The van der Waals surface area contributed by atoms with Crippen molar-refractivity contribution in [3.63, 3.8) is 0 Å². The molecule has 0 spiro atoms. The van der Waals surface area contributed by atoms with E-state index in [2.05, 4.69) is 10.2 Å². The van der Waals surface area contributed by atoms with E-state index in [1.54, 1.807) is 38.5 Å². The van der Waals surface area contributed by atoms with Crippen LogP contribution in [0.1, 0.15) is 34.3 Å². The second-order valence-electron chi connectivity index (χ2n) is 11.5. The third-order valence-corrected chi connectivity index (χ3v) is 8.02. The quantitative estimate of drug-likeness (QED) is 0.147. The lowest BCUT2D eigenvalue weighted by Crippen LogP contribution is -2.39. The SMILES string of the molecule is COCCN(CCOC)CCOc1ccc(C(=O)NC2C/C(=C\c3cc(F)c(F)c(OC)c3)C(=O)/C(=C/c3cc(F)c(F)c(OC)c3)C2)cc1. The number of carbonyl (C=O) groups is 2. The maximum absolute atomic E-state index is 14.3. The van der Waals surface area contributed by atoms with Gasteiger partial charge in [0.2, 0.25) is 11.6 Å². The molecule has 1 N–H and O–H groups in total. The summed E-state index contributed by atoms with van der Waals surface area (Å²) in [4.78, 5) is 29.1. The Kier molecular flexibility index (Phi) is 14.0. The number of hydrogen-bond acceptors (Lipinski definition) is 8. The number of halogens is 4. The average molecular weight is 701 g/mol. The molecule has 1 fully saturated rings. The average Bonchev–Trinajstić information content (AvgIpc) is 3.10. The number of benzene rings is 3. The Morgan fingerprint density at radius 3 is 1.70 bits per heavy atom. The van der Waals surface area contributed by atoms with Crippen LogP contribution in [0.25, 0.3) is 12.2 Å². The van der Waals surface area contributed by atoms with Crippen molar-refractivity contribution in [2.24, 2.45) is 0 Å². The Morgan fingerprint density at radius 2 is 1.24 bits per heavy atom. The van der Waals surface area contributed by atoms with Crippen LogP contribution < -0.4 is 19.5 Å². The van der Waals surface area contributed by atoms with E-state index in [0.717, 1.165) is 25.2 Å². The van der Waals surface area contributed by atoms with Gasteiger partial charge in [-0.3, -0.25) is 14.5 Å². The van der Waals surface area contributed by atoms with Gasteiger partial charge in [0, 0.05) is 56.6 Å².